The summed E-state index contributed by atoms with van der Waals surface area (Å²) in [5, 5.41) is 9.58. The molecule has 0 aromatic heterocycles. The number of nitrogens with zero attached hydrogens (tertiary/aromatic N) is 1. The fourth-order valence-electron chi connectivity index (χ4n) is 3.88. The van der Waals surface area contributed by atoms with Crippen molar-refractivity contribution < 1.29 is 13.5 Å². The second-order valence-corrected chi connectivity index (χ2v) is 7.91. The van der Waals surface area contributed by atoms with Crippen LogP contribution in [0.25, 0.3) is 0 Å². The number of aliphatic hydroxyl groups is 1. The molecule has 0 aromatic rings. The summed E-state index contributed by atoms with van der Waals surface area (Å²) in [7, 11) is -3.10. The van der Waals surface area contributed by atoms with Gasteiger partial charge in [-0.3, -0.25) is 0 Å². The van der Waals surface area contributed by atoms with Crippen molar-refractivity contribution in [3.63, 3.8) is 0 Å². The predicted octanol–water partition coefficient (Wildman–Crippen LogP) is 1.25. The summed E-state index contributed by atoms with van der Waals surface area (Å²) in [5.74, 6) is 0. The number of rotatable bonds is 2. The van der Waals surface area contributed by atoms with Gasteiger partial charge in [0.15, 0.2) is 0 Å². The predicted molar refractivity (Wildman–Crippen MR) is 65.1 cm³/mol. The summed E-state index contributed by atoms with van der Waals surface area (Å²) in [6.07, 6.45) is 6.64. The van der Waals surface area contributed by atoms with E-state index in [9.17, 15) is 13.5 Å². The molecule has 3 fully saturated rings. The number of hydrogen-bond acceptors (Lipinski definition) is 3. The largest absolute Gasteiger partial charge is 0.393 e. The van der Waals surface area contributed by atoms with E-state index in [0.717, 1.165) is 38.5 Å². The van der Waals surface area contributed by atoms with Crippen LogP contribution in [0.4, 0.5) is 0 Å². The molecule has 2 unspecified atom stereocenters. The Labute approximate surface area is 103 Å². The van der Waals surface area contributed by atoms with Gasteiger partial charge in [-0.2, -0.15) is 4.31 Å². The molecule has 2 bridgehead atoms. The van der Waals surface area contributed by atoms with Gasteiger partial charge >= 0.3 is 0 Å². The molecule has 0 radical (unpaired) electrons. The van der Waals surface area contributed by atoms with Crippen molar-refractivity contribution in [2.45, 2.75) is 74.8 Å². The van der Waals surface area contributed by atoms with Crippen LogP contribution in [0.3, 0.4) is 0 Å². The smallest absolute Gasteiger partial charge is 0.217 e. The van der Waals surface area contributed by atoms with Crippen molar-refractivity contribution in [3.8, 4) is 0 Å². The fourth-order valence-corrected chi connectivity index (χ4v) is 6.37. The Hall–Kier alpha value is -0.130. The van der Waals surface area contributed by atoms with Gasteiger partial charge in [-0.25, -0.2) is 8.42 Å². The van der Waals surface area contributed by atoms with Crippen LogP contribution in [0, 0.1) is 0 Å². The maximum Gasteiger partial charge on any atom is 0.217 e. The third-order valence-corrected chi connectivity index (χ3v) is 7.16. The van der Waals surface area contributed by atoms with Gasteiger partial charge in [-0.1, -0.05) is 12.8 Å². The van der Waals surface area contributed by atoms with Gasteiger partial charge in [0.2, 0.25) is 10.0 Å². The molecule has 4 nitrogen and oxygen atoms in total. The number of fused-ring (bicyclic) bond motifs is 2. The van der Waals surface area contributed by atoms with E-state index in [1.807, 2.05) is 0 Å². The number of aliphatic hydroxyl groups excluding tert-OH is 1. The third-order valence-electron chi connectivity index (χ3n) is 4.66. The Morgan fingerprint density at radius 1 is 0.941 bits per heavy atom. The normalized spacial score (nSPS) is 39.9. The zero-order valence-corrected chi connectivity index (χ0v) is 10.9. The van der Waals surface area contributed by atoms with Crippen LogP contribution in [0.15, 0.2) is 0 Å². The summed E-state index contributed by atoms with van der Waals surface area (Å²) in [5.41, 5.74) is 0. The Morgan fingerprint density at radius 2 is 1.47 bits per heavy atom. The quantitative estimate of drug-likeness (QED) is 0.812. The van der Waals surface area contributed by atoms with Crippen LogP contribution in [-0.4, -0.2) is 41.3 Å². The molecular formula is C12H21NO3S. The van der Waals surface area contributed by atoms with E-state index in [0.29, 0.717) is 12.8 Å². The van der Waals surface area contributed by atoms with E-state index in [4.69, 9.17) is 0 Å². The molecule has 3 aliphatic rings. The SMILES string of the molecule is O=S(=O)(C1CCCC1)N1C2CCC1CC(O)C2. The third kappa shape index (κ3) is 1.92. The average Bonchev–Trinajstić information content (AvgIpc) is 2.86. The minimum absolute atomic E-state index is 0.0781. The van der Waals surface area contributed by atoms with Gasteiger partial charge in [-0.15, -0.1) is 0 Å². The van der Waals surface area contributed by atoms with Gasteiger partial charge in [0.25, 0.3) is 0 Å². The van der Waals surface area contributed by atoms with Gasteiger partial charge < -0.3 is 5.11 Å². The Kier molecular flexibility index (Phi) is 2.96. The van der Waals surface area contributed by atoms with Crippen LogP contribution in [0.1, 0.15) is 51.4 Å². The van der Waals surface area contributed by atoms with Crippen LogP contribution in [0.5, 0.6) is 0 Å². The molecule has 0 spiro atoms. The molecule has 1 N–H and O–H groups in total. The maximum absolute atomic E-state index is 12.6. The van der Waals surface area contributed by atoms with Crippen molar-refractivity contribution in [1.82, 2.24) is 4.31 Å². The number of piperidine rings is 1. The van der Waals surface area contributed by atoms with Crippen LogP contribution in [-0.2, 0) is 10.0 Å². The van der Waals surface area contributed by atoms with E-state index < -0.39 is 10.0 Å². The molecule has 0 aromatic carbocycles. The van der Waals surface area contributed by atoms with Crippen LogP contribution >= 0.6 is 0 Å². The Bertz CT molecular complexity index is 375. The second-order valence-electron chi connectivity index (χ2n) is 5.79. The van der Waals surface area contributed by atoms with Gasteiger partial charge in [0.1, 0.15) is 0 Å². The van der Waals surface area contributed by atoms with Crippen molar-refractivity contribution in [3.05, 3.63) is 0 Å². The molecule has 2 heterocycles. The summed E-state index contributed by atoms with van der Waals surface area (Å²) >= 11 is 0. The first kappa shape index (κ1) is 11.9. The first-order chi connectivity index (χ1) is 8.09. The van der Waals surface area contributed by atoms with Crippen molar-refractivity contribution in [2.24, 2.45) is 0 Å². The van der Waals surface area contributed by atoms with Gasteiger partial charge in [0, 0.05) is 12.1 Å². The lowest BCUT2D eigenvalue weighted by Crippen LogP contribution is -2.50. The molecule has 17 heavy (non-hydrogen) atoms. The lowest BCUT2D eigenvalue weighted by Gasteiger charge is -2.37. The summed E-state index contributed by atoms with van der Waals surface area (Å²) in [6, 6.07) is 0.156. The average molecular weight is 259 g/mol. The van der Waals surface area contributed by atoms with E-state index in [2.05, 4.69) is 0 Å². The molecular weight excluding hydrogens is 238 g/mol. The maximum atomic E-state index is 12.6. The van der Waals surface area contributed by atoms with E-state index in [1.165, 1.54) is 0 Å². The highest BCUT2D eigenvalue weighted by Gasteiger charge is 2.48. The highest BCUT2D eigenvalue weighted by molar-refractivity contribution is 7.89. The zero-order valence-electron chi connectivity index (χ0n) is 10.1. The van der Waals surface area contributed by atoms with Crippen molar-refractivity contribution in [1.29, 1.82) is 0 Å². The van der Waals surface area contributed by atoms with Crippen LogP contribution in [0.2, 0.25) is 0 Å². The fraction of sp³-hybridized carbons (Fsp3) is 1.00. The Balaban J connectivity index is 1.84. The molecule has 1 aliphatic carbocycles. The minimum atomic E-state index is -3.10. The zero-order chi connectivity index (χ0) is 12.0. The molecule has 5 heteroatoms. The van der Waals surface area contributed by atoms with Crippen LogP contribution < -0.4 is 0 Å². The molecule has 2 atom stereocenters. The molecule has 3 rings (SSSR count). The highest BCUT2D eigenvalue weighted by atomic mass is 32.2. The van der Waals surface area contributed by atoms with E-state index in [1.54, 1.807) is 4.31 Å². The lowest BCUT2D eigenvalue weighted by atomic mass is 10.0. The first-order valence-electron chi connectivity index (χ1n) is 6.79. The number of hydrogen-bond donors (Lipinski definition) is 1. The first-order valence-corrected chi connectivity index (χ1v) is 8.30. The standard InChI is InChI=1S/C12H21NO3S/c14-11-7-9-5-6-10(8-11)13(9)17(15,16)12-3-1-2-4-12/h9-12,14H,1-8H2. The molecule has 2 saturated heterocycles. The molecule has 98 valence electrons. The monoisotopic (exact) mass is 259 g/mol. The van der Waals surface area contributed by atoms with Crippen molar-refractivity contribution >= 4 is 10.0 Å². The molecule has 0 amide bonds. The Morgan fingerprint density at radius 3 is 2.00 bits per heavy atom. The molecule has 1 saturated carbocycles. The van der Waals surface area contributed by atoms with E-state index in [-0.39, 0.29) is 23.4 Å². The second kappa shape index (κ2) is 4.21. The van der Waals surface area contributed by atoms with Gasteiger partial charge in [0.05, 0.1) is 11.4 Å². The minimum Gasteiger partial charge on any atom is -0.393 e. The highest BCUT2D eigenvalue weighted by Crippen LogP contribution is 2.41. The van der Waals surface area contributed by atoms with E-state index >= 15 is 0 Å². The summed E-state index contributed by atoms with van der Waals surface area (Å²) in [4.78, 5) is 0. The van der Waals surface area contributed by atoms with Crippen molar-refractivity contribution in [2.75, 3.05) is 0 Å². The summed E-state index contributed by atoms with van der Waals surface area (Å²) < 4.78 is 27.0. The molecule has 2 aliphatic heterocycles. The topological polar surface area (TPSA) is 57.6 Å². The van der Waals surface area contributed by atoms with Gasteiger partial charge in [-0.05, 0) is 38.5 Å². The lowest BCUT2D eigenvalue weighted by molar-refractivity contribution is 0.0764. The number of sulfonamides is 1. The summed E-state index contributed by atoms with van der Waals surface area (Å²) in [6.45, 7) is 0.